The van der Waals surface area contributed by atoms with Crippen molar-refractivity contribution in [2.45, 2.75) is 20.8 Å². The fourth-order valence-electron chi connectivity index (χ4n) is 2.48. The lowest BCUT2D eigenvalue weighted by Crippen LogP contribution is -2.11. The van der Waals surface area contributed by atoms with Gasteiger partial charge in [-0.1, -0.05) is 29.5 Å². The standard InChI is InChI=1S/C18H17N3O2/c1-12-9-13(2)11-15(10-12)21-14(3)17(19-20-21)18(22)23-16-7-5-4-6-8-16/h4-11H,1-3H3. The van der Waals surface area contributed by atoms with Crippen molar-refractivity contribution in [3.63, 3.8) is 0 Å². The van der Waals surface area contributed by atoms with Crippen molar-refractivity contribution in [3.8, 4) is 11.4 Å². The highest BCUT2D eigenvalue weighted by Crippen LogP contribution is 2.17. The van der Waals surface area contributed by atoms with Crippen LogP contribution in [0, 0.1) is 20.8 Å². The molecular formula is C18H17N3O2. The lowest BCUT2D eigenvalue weighted by molar-refractivity contribution is 0.0727. The Hall–Kier alpha value is -2.95. The maximum absolute atomic E-state index is 12.3. The number of carbonyl (C=O) groups is 1. The van der Waals surface area contributed by atoms with Gasteiger partial charge in [0.2, 0.25) is 0 Å². The number of carbonyl (C=O) groups excluding carboxylic acids is 1. The molecule has 5 nitrogen and oxygen atoms in total. The molecule has 5 heteroatoms. The van der Waals surface area contributed by atoms with Gasteiger partial charge in [0, 0.05) is 0 Å². The van der Waals surface area contributed by atoms with Crippen LogP contribution in [-0.4, -0.2) is 21.0 Å². The van der Waals surface area contributed by atoms with Gasteiger partial charge in [0.25, 0.3) is 0 Å². The van der Waals surface area contributed by atoms with Gasteiger partial charge in [-0.25, -0.2) is 9.48 Å². The van der Waals surface area contributed by atoms with Gasteiger partial charge in [-0.05, 0) is 56.2 Å². The number of hydrogen-bond acceptors (Lipinski definition) is 4. The van der Waals surface area contributed by atoms with Gasteiger partial charge in [0.15, 0.2) is 5.69 Å². The summed E-state index contributed by atoms with van der Waals surface area (Å²) in [6.07, 6.45) is 0. The smallest absolute Gasteiger partial charge is 0.366 e. The van der Waals surface area contributed by atoms with Crippen LogP contribution in [0.4, 0.5) is 0 Å². The molecule has 0 saturated heterocycles. The Morgan fingerprint density at radius 2 is 1.65 bits per heavy atom. The van der Waals surface area contributed by atoms with Crippen LogP contribution >= 0.6 is 0 Å². The molecule has 0 N–H and O–H groups in total. The van der Waals surface area contributed by atoms with Crippen LogP contribution in [-0.2, 0) is 0 Å². The van der Waals surface area contributed by atoms with Gasteiger partial charge >= 0.3 is 5.97 Å². The zero-order valence-corrected chi connectivity index (χ0v) is 13.3. The molecular weight excluding hydrogens is 290 g/mol. The van der Waals surface area contributed by atoms with Gasteiger partial charge < -0.3 is 4.74 Å². The average Bonchev–Trinajstić information content (AvgIpc) is 2.89. The van der Waals surface area contributed by atoms with E-state index in [2.05, 4.69) is 16.4 Å². The maximum atomic E-state index is 12.3. The van der Waals surface area contributed by atoms with Crippen LogP contribution in [0.15, 0.2) is 48.5 Å². The van der Waals surface area contributed by atoms with Crippen LogP contribution in [0.1, 0.15) is 27.3 Å². The second-order valence-electron chi connectivity index (χ2n) is 5.48. The highest BCUT2D eigenvalue weighted by Gasteiger charge is 2.19. The summed E-state index contributed by atoms with van der Waals surface area (Å²) >= 11 is 0. The number of ether oxygens (including phenoxy) is 1. The van der Waals surface area contributed by atoms with Gasteiger partial charge in [0.1, 0.15) is 5.75 Å². The van der Waals surface area contributed by atoms with E-state index in [0.717, 1.165) is 16.8 Å². The van der Waals surface area contributed by atoms with Gasteiger partial charge in [-0.3, -0.25) is 0 Å². The molecule has 0 bridgehead atoms. The van der Waals surface area contributed by atoms with E-state index in [1.165, 1.54) is 0 Å². The number of nitrogens with zero attached hydrogens (tertiary/aromatic N) is 3. The van der Waals surface area contributed by atoms with E-state index in [-0.39, 0.29) is 5.69 Å². The molecule has 0 radical (unpaired) electrons. The monoisotopic (exact) mass is 307 g/mol. The zero-order chi connectivity index (χ0) is 16.4. The molecule has 23 heavy (non-hydrogen) atoms. The zero-order valence-electron chi connectivity index (χ0n) is 13.3. The summed E-state index contributed by atoms with van der Waals surface area (Å²) in [5, 5.41) is 8.08. The molecule has 3 aromatic rings. The first kappa shape index (κ1) is 15.0. The van der Waals surface area contributed by atoms with Gasteiger partial charge in [-0.2, -0.15) is 0 Å². The largest absolute Gasteiger partial charge is 0.422 e. The Labute approximate surface area is 134 Å². The summed E-state index contributed by atoms with van der Waals surface area (Å²) in [7, 11) is 0. The van der Waals surface area contributed by atoms with Crippen molar-refractivity contribution in [1.29, 1.82) is 0 Å². The topological polar surface area (TPSA) is 57.0 Å². The van der Waals surface area contributed by atoms with Crippen molar-refractivity contribution in [3.05, 3.63) is 71.0 Å². The second kappa shape index (κ2) is 6.04. The molecule has 0 atom stereocenters. The van der Waals surface area contributed by atoms with Crippen molar-refractivity contribution in [2.24, 2.45) is 0 Å². The van der Waals surface area contributed by atoms with E-state index >= 15 is 0 Å². The Morgan fingerprint density at radius 3 is 2.30 bits per heavy atom. The normalized spacial score (nSPS) is 10.6. The number of aromatic nitrogens is 3. The lowest BCUT2D eigenvalue weighted by Gasteiger charge is -2.06. The summed E-state index contributed by atoms with van der Waals surface area (Å²) in [5.74, 6) is -0.0258. The molecule has 0 spiro atoms. The predicted octanol–water partition coefficient (Wildman–Crippen LogP) is 3.41. The second-order valence-corrected chi connectivity index (χ2v) is 5.48. The third-order valence-corrected chi connectivity index (χ3v) is 3.49. The van der Waals surface area contributed by atoms with Crippen LogP contribution in [0.25, 0.3) is 5.69 Å². The van der Waals surface area contributed by atoms with E-state index in [4.69, 9.17) is 4.74 Å². The molecule has 0 aliphatic heterocycles. The molecule has 116 valence electrons. The number of esters is 1. The summed E-state index contributed by atoms with van der Waals surface area (Å²) in [4.78, 5) is 12.3. The fourth-order valence-corrected chi connectivity index (χ4v) is 2.48. The van der Waals surface area contributed by atoms with Gasteiger partial charge in [0.05, 0.1) is 11.4 Å². The Balaban J connectivity index is 1.91. The van der Waals surface area contributed by atoms with Crippen molar-refractivity contribution in [2.75, 3.05) is 0 Å². The number of benzene rings is 2. The van der Waals surface area contributed by atoms with Crippen LogP contribution < -0.4 is 4.74 Å². The minimum Gasteiger partial charge on any atom is -0.422 e. The minimum atomic E-state index is -0.510. The SMILES string of the molecule is Cc1cc(C)cc(-n2nnc(C(=O)Oc3ccccc3)c2C)c1. The number of hydrogen-bond donors (Lipinski definition) is 0. The average molecular weight is 307 g/mol. The third-order valence-electron chi connectivity index (χ3n) is 3.49. The van der Waals surface area contributed by atoms with Gasteiger partial charge in [-0.15, -0.1) is 5.10 Å². The van der Waals surface area contributed by atoms with Crippen molar-refractivity contribution in [1.82, 2.24) is 15.0 Å². The van der Waals surface area contributed by atoms with E-state index in [1.54, 1.807) is 23.7 Å². The van der Waals surface area contributed by atoms with Crippen LogP contribution in [0.2, 0.25) is 0 Å². The highest BCUT2D eigenvalue weighted by molar-refractivity contribution is 5.90. The molecule has 2 aromatic carbocycles. The Bertz CT molecular complexity index is 834. The first-order valence-electron chi connectivity index (χ1n) is 7.33. The Kier molecular flexibility index (Phi) is 3.93. The third kappa shape index (κ3) is 3.13. The molecule has 1 heterocycles. The molecule has 0 amide bonds. The predicted molar refractivity (Wildman–Crippen MR) is 87.0 cm³/mol. The number of aryl methyl sites for hydroxylation is 2. The minimum absolute atomic E-state index is 0.216. The van der Waals surface area contributed by atoms with E-state index < -0.39 is 5.97 Å². The van der Waals surface area contributed by atoms with Crippen molar-refractivity contribution >= 4 is 5.97 Å². The van der Waals surface area contributed by atoms with E-state index in [1.807, 2.05) is 44.2 Å². The fraction of sp³-hybridized carbons (Fsp3) is 0.167. The molecule has 0 aliphatic carbocycles. The molecule has 0 fully saturated rings. The maximum Gasteiger partial charge on any atom is 0.366 e. The molecule has 0 unspecified atom stereocenters. The summed E-state index contributed by atoms with van der Waals surface area (Å²) in [6.45, 7) is 5.85. The lowest BCUT2D eigenvalue weighted by atomic mass is 10.1. The Morgan fingerprint density at radius 1 is 1.00 bits per heavy atom. The van der Waals surface area contributed by atoms with E-state index in [9.17, 15) is 4.79 Å². The first-order chi connectivity index (χ1) is 11.0. The van der Waals surface area contributed by atoms with Crippen LogP contribution in [0.5, 0.6) is 5.75 Å². The number of para-hydroxylation sites is 1. The summed E-state index contributed by atoms with van der Waals surface area (Å²) in [5.41, 5.74) is 4.00. The summed E-state index contributed by atoms with van der Waals surface area (Å²) < 4.78 is 6.98. The molecule has 0 aliphatic rings. The van der Waals surface area contributed by atoms with Crippen molar-refractivity contribution < 1.29 is 9.53 Å². The molecule has 3 rings (SSSR count). The molecule has 0 saturated carbocycles. The quantitative estimate of drug-likeness (QED) is 0.549. The first-order valence-corrected chi connectivity index (χ1v) is 7.33. The highest BCUT2D eigenvalue weighted by atomic mass is 16.5. The molecule has 1 aromatic heterocycles. The van der Waals surface area contributed by atoms with E-state index in [0.29, 0.717) is 11.4 Å². The van der Waals surface area contributed by atoms with Crippen LogP contribution in [0.3, 0.4) is 0 Å². The number of rotatable bonds is 3. The summed E-state index contributed by atoms with van der Waals surface area (Å²) in [6, 6.07) is 15.0.